The Balaban J connectivity index is 1.64. The number of hydrogen-bond acceptors (Lipinski definition) is 6. The minimum Gasteiger partial charge on any atom is -0.459 e. The van der Waals surface area contributed by atoms with Gasteiger partial charge in [-0.15, -0.1) is 11.3 Å². The van der Waals surface area contributed by atoms with Gasteiger partial charge in [-0.05, 0) is 19.2 Å². The van der Waals surface area contributed by atoms with Crippen molar-refractivity contribution in [3.8, 4) is 5.75 Å². The standard InChI is InChI=1S/C15H19N3O2S/c1-17-7-9-18(10-8-17)15-16-13(11-21-15)14(19)20-12-5-3-2-4-6-12/h2-6,11,14,19H,7-10H2,1H3. The number of thiazole rings is 1. The summed E-state index contributed by atoms with van der Waals surface area (Å²) in [5, 5.41) is 12.9. The topological polar surface area (TPSA) is 48.8 Å². The van der Waals surface area contributed by atoms with Crippen LogP contribution in [0.2, 0.25) is 0 Å². The van der Waals surface area contributed by atoms with Gasteiger partial charge in [0.2, 0.25) is 6.29 Å². The summed E-state index contributed by atoms with van der Waals surface area (Å²) in [5.41, 5.74) is 0.567. The van der Waals surface area contributed by atoms with Crippen LogP contribution in [0.15, 0.2) is 35.7 Å². The average Bonchev–Trinajstić information content (AvgIpc) is 2.99. The molecule has 0 aliphatic carbocycles. The summed E-state index contributed by atoms with van der Waals surface area (Å²) in [5.74, 6) is 0.638. The van der Waals surface area contributed by atoms with Crippen molar-refractivity contribution in [3.63, 3.8) is 0 Å². The number of nitrogens with zero attached hydrogens (tertiary/aromatic N) is 3. The Hall–Kier alpha value is -1.63. The zero-order chi connectivity index (χ0) is 14.7. The quantitative estimate of drug-likeness (QED) is 0.875. The predicted octanol–water partition coefficient (Wildman–Crippen LogP) is 1.96. The molecule has 5 nitrogen and oxygen atoms in total. The van der Waals surface area contributed by atoms with Crippen LogP contribution in [-0.4, -0.2) is 48.2 Å². The number of likely N-dealkylation sites (N-methyl/N-ethyl adjacent to an activating group) is 1. The van der Waals surface area contributed by atoms with Crippen molar-refractivity contribution >= 4 is 16.5 Å². The lowest BCUT2D eigenvalue weighted by Gasteiger charge is -2.32. The molecule has 1 aromatic heterocycles. The first-order chi connectivity index (χ1) is 10.2. The van der Waals surface area contributed by atoms with Gasteiger partial charge in [0, 0.05) is 31.6 Å². The molecule has 0 radical (unpaired) electrons. The summed E-state index contributed by atoms with van der Waals surface area (Å²) in [6.07, 6.45) is -1.02. The number of hydrogen-bond donors (Lipinski definition) is 1. The minimum atomic E-state index is -1.02. The lowest BCUT2D eigenvalue weighted by Crippen LogP contribution is -2.44. The summed E-state index contributed by atoms with van der Waals surface area (Å²) in [4.78, 5) is 9.06. The van der Waals surface area contributed by atoms with Crippen LogP contribution in [0.4, 0.5) is 5.13 Å². The monoisotopic (exact) mass is 305 g/mol. The highest BCUT2D eigenvalue weighted by Crippen LogP contribution is 2.26. The van der Waals surface area contributed by atoms with Gasteiger partial charge >= 0.3 is 0 Å². The van der Waals surface area contributed by atoms with Gasteiger partial charge in [0.25, 0.3) is 0 Å². The average molecular weight is 305 g/mol. The molecule has 1 aliphatic rings. The van der Waals surface area contributed by atoms with Gasteiger partial charge in [0.05, 0.1) is 0 Å². The molecule has 0 saturated carbocycles. The van der Waals surface area contributed by atoms with Crippen LogP contribution in [0.25, 0.3) is 0 Å². The summed E-state index contributed by atoms with van der Waals surface area (Å²) < 4.78 is 5.49. The summed E-state index contributed by atoms with van der Waals surface area (Å²) in [6.45, 7) is 4.02. The number of aromatic nitrogens is 1. The molecule has 1 unspecified atom stereocenters. The number of piperazine rings is 1. The zero-order valence-corrected chi connectivity index (χ0v) is 12.8. The third-order valence-electron chi connectivity index (χ3n) is 3.53. The van der Waals surface area contributed by atoms with Gasteiger partial charge < -0.3 is 19.6 Å². The van der Waals surface area contributed by atoms with Crippen LogP contribution in [-0.2, 0) is 0 Å². The molecule has 1 atom stereocenters. The molecular weight excluding hydrogens is 286 g/mol. The van der Waals surface area contributed by atoms with Crippen molar-refractivity contribution in [1.29, 1.82) is 0 Å². The van der Waals surface area contributed by atoms with Crippen molar-refractivity contribution in [3.05, 3.63) is 41.4 Å². The van der Waals surface area contributed by atoms with E-state index in [1.54, 1.807) is 11.3 Å². The number of anilines is 1. The molecule has 2 aromatic rings. The largest absolute Gasteiger partial charge is 0.459 e. The second-order valence-electron chi connectivity index (χ2n) is 5.13. The number of aliphatic hydroxyl groups excluding tert-OH is 1. The first-order valence-corrected chi connectivity index (χ1v) is 7.89. The lowest BCUT2D eigenvalue weighted by atomic mass is 10.3. The molecular formula is C15H19N3O2S. The number of benzene rings is 1. The van der Waals surface area contributed by atoms with Crippen molar-refractivity contribution in [2.75, 3.05) is 38.1 Å². The number of rotatable bonds is 4. The Labute approximate surface area is 128 Å². The first-order valence-electron chi connectivity index (χ1n) is 7.01. The van der Waals surface area contributed by atoms with E-state index in [0.717, 1.165) is 31.3 Å². The fraction of sp³-hybridized carbons (Fsp3) is 0.400. The fourth-order valence-corrected chi connectivity index (χ4v) is 3.11. The van der Waals surface area contributed by atoms with Crippen molar-refractivity contribution in [2.45, 2.75) is 6.29 Å². The van der Waals surface area contributed by atoms with Crippen LogP contribution in [0, 0.1) is 0 Å². The van der Waals surface area contributed by atoms with E-state index in [4.69, 9.17) is 4.74 Å². The molecule has 3 rings (SSSR count). The molecule has 1 saturated heterocycles. The Kier molecular flexibility index (Phi) is 4.38. The van der Waals surface area contributed by atoms with Crippen LogP contribution in [0.1, 0.15) is 12.0 Å². The molecule has 6 heteroatoms. The third-order valence-corrected chi connectivity index (χ3v) is 4.45. The van der Waals surface area contributed by atoms with Gasteiger partial charge in [0.1, 0.15) is 11.4 Å². The van der Waals surface area contributed by atoms with Crippen LogP contribution < -0.4 is 9.64 Å². The van der Waals surface area contributed by atoms with Crippen LogP contribution in [0.3, 0.4) is 0 Å². The first kappa shape index (κ1) is 14.3. The van der Waals surface area contributed by atoms with E-state index >= 15 is 0 Å². The highest BCUT2D eigenvalue weighted by Gasteiger charge is 2.19. The van der Waals surface area contributed by atoms with E-state index in [-0.39, 0.29) is 0 Å². The minimum absolute atomic E-state index is 0.567. The van der Waals surface area contributed by atoms with E-state index in [1.807, 2.05) is 35.7 Å². The van der Waals surface area contributed by atoms with Gasteiger partial charge in [-0.25, -0.2) is 4.98 Å². The SMILES string of the molecule is CN1CCN(c2nc(C(O)Oc3ccccc3)cs2)CC1. The van der Waals surface area contributed by atoms with Gasteiger partial charge in [-0.3, -0.25) is 0 Å². The smallest absolute Gasteiger partial charge is 0.242 e. The summed E-state index contributed by atoms with van der Waals surface area (Å²) >= 11 is 1.55. The van der Waals surface area contributed by atoms with E-state index < -0.39 is 6.29 Å². The molecule has 1 aromatic carbocycles. The van der Waals surface area contributed by atoms with Crippen LogP contribution in [0.5, 0.6) is 5.75 Å². The van der Waals surface area contributed by atoms with Crippen molar-refractivity contribution < 1.29 is 9.84 Å². The van der Waals surface area contributed by atoms with Gasteiger partial charge in [-0.1, -0.05) is 18.2 Å². The molecule has 21 heavy (non-hydrogen) atoms. The maximum Gasteiger partial charge on any atom is 0.242 e. The Morgan fingerprint density at radius 3 is 2.62 bits per heavy atom. The number of ether oxygens (including phenoxy) is 1. The molecule has 0 bridgehead atoms. The van der Waals surface area contributed by atoms with Crippen molar-refractivity contribution in [2.24, 2.45) is 0 Å². The summed E-state index contributed by atoms with van der Waals surface area (Å²) in [6, 6.07) is 9.29. The van der Waals surface area contributed by atoms with E-state index in [0.29, 0.717) is 11.4 Å². The molecule has 1 aliphatic heterocycles. The third kappa shape index (κ3) is 3.53. The molecule has 112 valence electrons. The molecule has 0 amide bonds. The normalized spacial score (nSPS) is 17.7. The molecule has 0 spiro atoms. The van der Waals surface area contributed by atoms with Crippen LogP contribution >= 0.6 is 11.3 Å². The van der Waals surface area contributed by atoms with Crippen molar-refractivity contribution in [1.82, 2.24) is 9.88 Å². The number of aliphatic hydroxyl groups is 1. The zero-order valence-electron chi connectivity index (χ0n) is 12.0. The fourth-order valence-electron chi connectivity index (χ4n) is 2.22. The molecule has 2 heterocycles. The predicted molar refractivity (Wildman–Crippen MR) is 83.9 cm³/mol. The maximum atomic E-state index is 10.1. The van der Waals surface area contributed by atoms with E-state index in [2.05, 4.69) is 21.8 Å². The highest BCUT2D eigenvalue weighted by atomic mass is 32.1. The second-order valence-corrected chi connectivity index (χ2v) is 5.97. The summed E-state index contributed by atoms with van der Waals surface area (Å²) in [7, 11) is 2.13. The van der Waals surface area contributed by atoms with Gasteiger partial charge in [0.15, 0.2) is 5.13 Å². The second kappa shape index (κ2) is 6.43. The van der Waals surface area contributed by atoms with E-state index in [9.17, 15) is 5.11 Å². The Bertz CT molecular complexity index is 567. The maximum absolute atomic E-state index is 10.1. The molecule has 1 fully saturated rings. The van der Waals surface area contributed by atoms with E-state index in [1.165, 1.54) is 0 Å². The Morgan fingerprint density at radius 1 is 1.19 bits per heavy atom. The highest BCUT2D eigenvalue weighted by molar-refractivity contribution is 7.13. The Morgan fingerprint density at radius 2 is 1.90 bits per heavy atom. The lowest BCUT2D eigenvalue weighted by molar-refractivity contribution is -0.0223. The number of para-hydroxylation sites is 1. The molecule has 1 N–H and O–H groups in total. The van der Waals surface area contributed by atoms with Gasteiger partial charge in [-0.2, -0.15) is 0 Å².